The van der Waals surface area contributed by atoms with Gasteiger partial charge in [-0.05, 0) is 60.5 Å². The Morgan fingerprint density at radius 2 is 1.27 bits per heavy atom. The van der Waals surface area contributed by atoms with E-state index in [0.717, 1.165) is 17.0 Å². The molecule has 0 N–H and O–H groups in total. The number of aromatic nitrogens is 2. The van der Waals surface area contributed by atoms with Crippen molar-refractivity contribution in [3.8, 4) is 16.9 Å². The molecule has 0 saturated heterocycles. The van der Waals surface area contributed by atoms with Gasteiger partial charge in [0.2, 0.25) is 0 Å². The van der Waals surface area contributed by atoms with Gasteiger partial charge in [-0.2, -0.15) is 5.10 Å². The summed E-state index contributed by atoms with van der Waals surface area (Å²) in [5.74, 6) is 0. The summed E-state index contributed by atoms with van der Waals surface area (Å²) in [6, 6.07) is 22.1. The molecule has 0 amide bonds. The molecule has 1 heterocycles. The maximum Gasteiger partial charge on any atom is 0.0747 e. The highest BCUT2D eigenvalue weighted by Crippen LogP contribution is 2.56. The van der Waals surface area contributed by atoms with Gasteiger partial charge in [0.15, 0.2) is 0 Å². The largest absolute Gasteiger partial charge is 0.233 e. The fraction of sp³-hybridized carbons (Fsp3) is 0.444. The lowest BCUT2D eigenvalue weighted by Gasteiger charge is -2.39. The highest BCUT2D eigenvalue weighted by atomic mass is 31.1. The van der Waals surface area contributed by atoms with Gasteiger partial charge in [-0.15, -0.1) is 0 Å². The molecule has 2 aliphatic rings. The van der Waals surface area contributed by atoms with E-state index in [4.69, 9.17) is 5.10 Å². The summed E-state index contributed by atoms with van der Waals surface area (Å²) in [7, 11) is -0.140. The first-order valence-corrected chi connectivity index (χ1v) is 13.4. The lowest BCUT2D eigenvalue weighted by molar-refractivity contribution is 0.487. The van der Waals surface area contributed by atoms with Crippen molar-refractivity contribution in [2.75, 3.05) is 0 Å². The van der Waals surface area contributed by atoms with Crippen LogP contribution in [-0.4, -0.2) is 21.1 Å². The van der Waals surface area contributed by atoms with Crippen LogP contribution in [-0.2, 0) is 0 Å². The van der Waals surface area contributed by atoms with Crippen LogP contribution in [0.3, 0.4) is 0 Å². The molecule has 2 aromatic carbocycles. The zero-order valence-corrected chi connectivity index (χ0v) is 18.8. The monoisotopic (exact) mass is 416 g/mol. The predicted molar refractivity (Wildman–Crippen MR) is 129 cm³/mol. The molecular weight excluding hydrogens is 383 g/mol. The SMILES string of the molecule is c1ccc(-n2nccc2-c2ccccc2P(C2CCCCC2)C2CCCCC2)cc1. The van der Waals surface area contributed by atoms with Crippen molar-refractivity contribution in [2.45, 2.75) is 75.5 Å². The first-order valence-electron chi connectivity index (χ1n) is 11.9. The van der Waals surface area contributed by atoms with Crippen LogP contribution < -0.4 is 5.30 Å². The zero-order valence-electron chi connectivity index (χ0n) is 17.9. The second-order valence-corrected chi connectivity index (χ2v) is 11.7. The molecule has 3 heteroatoms. The maximum absolute atomic E-state index is 4.71. The first-order chi connectivity index (χ1) is 14.9. The quantitative estimate of drug-likeness (QED) is 0.399. The highest BCUT2D eigenvalue weighted by molar-refractivity contribution is 7.67. The van der Waals surface area contributed by atoms with E-state index < -0.39 is 0 Å². The molecule has 2 saturated carbocycles. The number of benzene rings is 2. The van der Waals surface area contributed by atoms with Crippen LogP contribution >= 0.6 is 7.92 Å². The van der Waals surface area contributed by atoms with E-state index in [-0.39, 0.29) is 7.92 Å². The van der Waals surface area contributed by atoms with Crippen molar-refractivity contribution in [3.05, 3.63) is 66.9 Å². The van der Waals surface area contributed by atoms with Crippen molar-refractivity contribution < 1.29 is 0 Å². The van der Waals surface area contributed by atoms with Crippen LogP contribution in [0.4, 0.5) is 0 Å². The number of rotatable bonds is 5. The van der Waals surface area contributed by atoms with Crippen LogP contribution in [0.1, 0.15) is 64.2 Å². The Bertz CT molecular complexity index is 918. The van der Waals surface area contributed by atoms with Gasteiger partial charge in [-0.1, -0.05) is 88.9 Å². The number of nitrogens with zero attached hydrogens (tertiary/aromatic N) is 2. The van der Waals surface area contributed by atoms with Crippen molar-refractivity contribution in [3.63, 3.8) is 0 Å². The molecule has 0 aliphatic heterocycles. The molecule has 2 nitrogen and oxygen atoms in total. The first kappa shape index (κ1) is 20.0. The number of hydrogen-bond donors (Lipinski definition) is 0. The smallest absolute Gasteiger partial charge is 0.0747 e. The third-order valence-corrected chi connectivity index (χ3v) is 10.6. The van der Waals surface area contributed by atoms with Gasteiger partial charge in [0.25, 0.3) is 0 Å². The Hall–Kier alpha value is -1.92. The number of hydrogen-bond acceptors (Lipinski definition) is 1. The topological polar surface area (TPSA) is 17.8 Å². The van der Waals surface area contributed by atoms with Gasteiger partial charge >= 0.3 is 0 Å². The van der Waals surface area contributed by atoms with Gasteiger partial charge in [-0.25, -0.2) is 4.68 Å². The van der Waals surface area contributed by atoms with E-state index in [1.54, 1.807) is 5.30 Å². The highest BCUT2D eigenvalue weighted by Gasteiger charge is 2.33. The Kier molecular flexibility index (Phi) is 6.32. The Balaban J connectivity index is 1.58. The van der Waals surface area contributed by atoms with E-state index in [9.17, 15) is 0 Å². The summed E-state index contributed by atoms with van der Waals surface area (Å²) in [4.78, 5) is 0. The molecule has 1 aromatic heterocycles. The van der Waals surface area contributed by atoms with Gasteiger partial charge in [-0.3, -0.25) is 0 Å². The fourth-order valence-electron chi connectivity index (χ4n) is 5.61. The Morgan fingerprint density at radius 1 is 0.667 bits per heavy atom. The molecule has 3 aromatic rings. The van der Waals surface area contributed by atoms with E-state index in [1.807, 2.05) is 6.20 Å². The van der Waals surface area contributed by atoms with Crippen molar-refractivity contribution in [1.29, 1.82) is 0 Å². The van der Waals surface area contributed by atoms with Crippen LogP contribution in [0.15, 0.2) is 66.9 Å². The van der Waals surface area contributed by atoms with Gasteiger partial charge in [0.1, 0.15) is 0 Å². The molecule has 5 rings (SSSR count). The Labute approximate surface area is 182 Å². The lowest BCUT2D eigenvalue weighted by atomic mass is 9.99. The molecule has 0 spiro atoms. The van der Waals surface area contributed by atoms with E-state index in [0.29, 0.717) is 0 Å². The number of para-hydroxylation sites is 1. The Morgan fingerprint density at radius 3 is 1.93 bits per heavy atom. The second kappa shape index (κ2) is 9.48. The summed E-state index contributed by atoms with van der Waals surface area (Å²) >= 11 is 0. The van der Waals surface area contributed by atoms with Crippen molar-refractivity contribution >= 4 is 13.2 Å². The lowest BCUT2D eigenvalue weighted by Crippen LogP contribution is -2.27. The summed E-state index contributed by atoms with van der Waals surface area (Å²) in [5.41, 5.74) is 5.63. The average Bonchev–Trinajstić information content (AvgIpc) is 3.32. The molecule has 2 aliphatic carbocycles. The normalized spacial score (nSPS) is 18.7. The van der Waals surface area contributed by atoms with Crippen molar-refractivity contribution in [2.24, 2.45) is 0 Å². The third-order valence-electron chi connectivity index (χ3n) is 7.04. The van der Waals surface area contributed by atoms with Gasteiger partial charge in [0.05, 0.1) is 17.6 Å². The fourth-order valence-corrected chi connectivity index (χ4v) is 9.56. The summed E-state index contributed by atoms with van der Waals surface area (Å²) in [6.07, 6.45) is 16.3. The van der Waals surface area contributed by atoms with Crippen molar-refractivity contribution in [1.82, 2.24) is 9.78 Å². The molecule has 156 valence electrons. The summed E-state index contributed by atoms with van der Waals surface area (Å²) in [6.45, 7) is 0. The molecule has 0 atom stereocenters. The molecule has 2 fully saturated rings. The molecule has 0 bridgehead atoms. The van der Waals surface area contributed by atoms with Crippen LogP contribution in [0.5, 0.6) is 0 Å². The standard InChI is InChI=1S/C27H33N2P/c1-4-12-22(13-5-1)29-26(20-21-28-29)25-18-10-11-19-27(25)30(23-14-6-2-7-15-23)24-16-8-3-9-17-24/h1,4-5,10-13,18-21,23-24H,2-3,6-9,14-17H2. The minimum absolute atomic E-state index is 0.140. The molecule has 30 heavy (non-hydrogen) atoms. The second-order valence-electron chi connectivity index (χ2n) is 8.97. The van der Waals surface area contributed by atoms with Gasteiger partial charge in [0, 0.05) is 5.56 Å². The average molecular weight is 417 g/mol. The summed E-state index contributed by atoms with van der Waals surface area (Å²) < 4.78 is 2.13. The predicted octanol–water partition coefficient (Wildman–Crippen LogP) is 7.31. The maximum atomic E-state index is 4.71. The van der Waals surface area contributed by atoms with E-state index >= 15 is 0 Å². The van der Waals surface area contributed by atoms with Crippen LogP contribution in [0, 0.1) is 0 Å². The molecular formula is C27H33N2P. The van der Waals surface area contributed by atoms with Crippen LogP contribution in [0.25, 0.3) is 16.9 Å². The minimum Gasteiger partial charge on any atom is -0.233 e. The zero-order chi connectivity index (χ0) is 20.2. The summed E-state index contributed by atoms with van der Waals surface area (Å²) in [5, 5.41) is 6.35. The third kappa shape index (κ3) is 4.12. The molecule has 0 unspecified atom stereocenters. The van der Waals surface area contributed by atoms with Crippen LogP contribution in [0.2, 0.25) is 0 Å². The van der Waals surface area contributed by atoms with E-state index in [1.165, 1.54) is 75.5 Å². The van der Waals surface area contributed by atoms with E-state index in [2.05, 4.69) is 65.3 Å². The van der Waals surface area contributed by atoms with Gasteiger partial charge < -0.3 is 0 Å². The molecule has 0 radical (unpaired) electrons. The minimum atomic E-state index is -0.140.